The van der Waals surface area contributed by atoms with Gasteiger partial charge in [0, 0.05) is 19.2 Å². The Balaban J connectivity index is 1.43. The molecule has 0 bridgehead atoms. The van der Waals surface area contributed by atoms with Gasteiger partial charge in [-0.15, -0.1) is 0 Å². The third kappa shape index (κ3) is 4.12. The minimum atomic E-state index is -0.186. The SMILES string of the molecule is COC1(CCN2C(=O)N(c3cnc(C)nc3)CC23CCC(c2ccccc2)(N(C)C)CC3)CCC1. The van der Waals surface area contributed by atoms with Gasteiger partial charge in [0.25, 0.3) is 0 Å². The molecule has 1 aliphatic heterocycles. The maximum atomic E-state index is 13.9. The normalized spacial score (nSPS) is 28.1. The largest absolute Gasteiger partial charge is 0.378 e. The molecule has 0 radical (unpaired) electrons. The van der Waals surface area contributed by atoms with Crippen LogP contribution in [0.2, 0.25) is 0 Å². The van der Waals surface area contributed by atoms with Crippen LogP contribution in [0.1, 0.15) is 62.8 Å². The molecular weight excluding hydrogens is 438 g/mol. The molecule has 0 atom stereocenters. The Morgan fingerprint density at radius 2 is 1.66 bits per heavy atom. The Morgan fingerprint density at radius 1 is 1.00 bits per heavy atom. The van der Waals surface area contributed by atoms with Gasteiger partial charge in [-0.2, -0.15) is 0 Å². The molecule has 3 fully saturated rings. The number of ether oxygens (including phenoxy) is 1. The fourth-order valence-electron chi connectivity index (χ4n) is 6.60. The number of nitrogens with zero attached hydrogens (tertiary/aromatic N) is 5. The summed E-state index contributed by atoms with van der Waals surface area (Å²) in [5, 5.41) is 0. The van der Waals surface area contributed by atoms with E-state index in [1.165, 1.54) is 12.0 Å². The number of amides is 2. The molecule has 2 amide bonds. The third-order valence-corrected chi connectivity index (χ3v) is 9.23. The zero-order valence-electron chi connectivity index (χ0n) is 21.7. The first-order chi connectivity index (χ1) is 16.8. The Labute approximate surface area is 209 Å². The van der Waals surface area contributed by atoms with Crippen LogP contribution in [0.15, 0.2) is 42.7 Å². The van der Waals surface area contributed by atoms with Crippen molar-refractivity contribution < 1.29 is 9.53 Å². The molecule has 7 heteroatoms. The number of anilines is 1. The zero-order valence-corrected chi connectivity index (χ0v) is 21.7. The molecule has 2 aromatic rings. The van der Waals surface area contributed by atoms with Crippen molar-refractivity contribution in [2.45, 2.75) is 75.0 Å². The van der Waals surface area contributed by atoms with Gasteiger partial charge < -0.3 is 9.64 Å². The number of aromatic nitrogens is 2. The topological polar surface area (TPSA) is 61.8 Å². The molecule has 1 aromatic carbocycles. The average molecular weight is 478 g/mol. The van der Waals surface area contributed by atoms with Crippen molar-refractivity contribution in [3.8, 4) is 0 Å². The molecule has 5 rings (SSSR count). The molecule has 1 aromatic heterocycles. The van der Waals surface area contributed by atoms with E-state index in [0.29, 0.717) is 6.54 Å². The van der Waals surface area contributed by atoms with Gasteiger partial charge in [0.15, 0.2) is 0 Å². The van der Waals surface area contributed by atoms with Crippen molar-refractivity contribution in [1.29, 1.82) is 0 Å². The van der Waals surface area contributed by atoms with Crippen LogP contribution in [-0.2, 0) is 10.3 Å². The molecule has 2 saturated carbocycles. The van der Waals surface area contributed by atoms with Gasteiger partial charge in [0.2, 0.25) is 0 Å². The quantitative estimate of drug-likeness (QED) is 0.576. The van der Waals surface area contributed by atoms with Crippen LogP contribution in [0.5, 0.6) is 0 Å². The number of aryl methyl sites for hydroxylation is 1. The molecule has 1 spiro atoms. The lowest BCUT2D eigenvalue weighted by molar-refractivity contribution is -0.0844. The summed E-state index contributed by atoms with van der Waals surface area (Å²) < 4.78 is 5.91. The van der Waals surface area contributed by atoms with E-state index in [9.17, 15) is 4.79 Å². The molecule has 0 unspecified atom stereocenters. The molecule has 0 N–H and O–H groups in total. The van der Waals surface area contributed by atoms with Crippen LogP contribution in [0.4, 0.5) is 10.5 Å². The number of carbonyl (C=O) groups excluding carboxylic acids is 1. The standard InChI is InChI=1S/C28H39N5O2/c1-22-29-19-24(20-30-22)32-21-26(33(25(32)34)18-17-27(35-4)11-8-12-27)13-15-28(16-14-26,31(2)3)23-9-6-5-7-10-23/h5-7,9-10,19-20H,8,11-18,21H2,1-4H3. The van der Waals surface area contributed by atoms with E-state index in [-0.39, 0.29) is 22.7 Å². The molecule has 7 nitrogen and oxygen atoms in total. The third-order valence-electron chi connectivity index (χ3n) is 9.23. The lowest BCUT2D eigenvalue weighted by atomic mass is 9.68. The van der Waals surface area contributed by atoms with Crippen molar-refractivity contribution in [1.82, 2.24) is 19.8 Å². The van der Waals surface area contributed by atoms with Crippen LogP contribution >= 0.6 is 0 Å². The van der Waals surface area contributed by atoms with E-state index >= 15 is 0 Å². The maximum absolute atomic E-state index is 13.9. The Hall–Kier alpha value is -2.51. The Bertz CT molecular complexity index is 1020. The lowest BCUT2D eigenvalue weighted by Crippen LogP contribution is -2.56. The number of benzene rings is 1. The monoisotopic (exact) mass is 477 g/mol. The van der Waals surface area contributed by atoms with E-state index in [2.05, 4.69) is 64.2 Å². The second-order valence-electron chi connectivity index (χ2n) is 11.0. The first-order valence-corrected chi connectivity index (χ1v) is 13.0. The van der Waals surface area contributed by atoms with Crippen LogP contribution in [-0.4, -0.2) is 71.2 Å². The van der Waals surface area contributed by atoms with Gasteiger partial charge in [0.1, 0.15) is 5.82 Å². The average Bonchev–Trinajstić information content (AvgIpc) is 3.11. The van der Waals surface area contributed by atoms with Crippen LogP contribution < -0.4 is 4.90 Å². The van der Waals surface area contributed by atoms with Crippen molar-refractivity contribution in [2.24, 2.45) is 0 Å². The summed E-state index contributed by atoms with van der Waals surface area (Å²) >= 11 is 0. The van der Waals surface area contributed by atoms with Gasteiger partial charge in [-0.3, -0.25) is 9.80 Å². The van der Waals surface area contributed by atoms with Crippen molar-refractivity contribution in [3.05, 3.63) is 54.1 Å². The highest BCUT2D eigenvalue weighted by Crippen LogP contribution is 2.50. The minimum absolute atomic E-state index is 0.0106. The van der Waals surface area contributed by atoms with Crippen LogP contribution in [0.3, 0.4) is 0 Å². The van der Waals surface area contributed by atoms with E-state index < -0.39 is 0 Å². The highest BCUT2D eigenvalue weighted by molar-refractivity contribution is 5.95. The second kappa shape index (κ2) is 9.17. The van der Waals surface area contributed by atoms with E-state index in [1.54, 1.807) is 12.4 Å². The molecule has 3 aliphatic rings. The molecule has 2 aliphatic carbocycles. The lowest BCUT2D eigenvalue weighted by Gasteiger charge is -2.51. The molecule has 1 saturated heterocycles. The summed E-state index contributed by atoms with van der Waals surface area (Å²) in [5.74, 6) is 0.718. The molecular formula is C28H39N5O2. The zero-order chi connectivity index (χ0) is 24.7. The maximum Gasteiger partial charge on any atom is 0.325 e. The van der Waals surface area contributed by atoms with Gasteiger partial charge >= 0.3 is 6.03 Å². The summed E-state index contributed by atoms with van der Waals surface area (Å²) in [6, 6.07) is 11.0. The minimum Gasteiger partial charge on any atom is -0.378 e. The number of rotatable bonds is 7. The van der Waals surface area contributed by atoms with E-state index in [1.807, 2.05) is 18.9 Å². The summed E-state index contributed by atoms with van der Waals surface area (Å²) in [6.07, 6.45) is 11.8. The van der Waals surface area contributed by atoms with Crippen LogP contribution in [0.25, 0.3) is 0 Å². The second-order valence-corrected chi connectivity index (χ2v) is 11.0. The predicted octanol–water partition coefficient (Wildman–Crippen LogP) is 4.76. The van der Waals surface area contributed by atoms with Crippen LogP contribution in [0, 0.1) is 6.92 Å². The Morgan fingerprint density at radius 3 is 2.20 bits per heavy atom. The fraction of sp³-hybridized carbons (Fsp3) is 0.607. The fourth-order valence-corrected chi connectivity index (χ4v) is 6.60. The summed E-state index contributed by atoms with van der Waals surface area (Å²) in [6.45, 7) is 3.30. The highest BCUT2D eigenvalue weighted by atomic mass is 16.5. The van der Waals surface area contributed by atoms with E-state index in [4.69, 9.17) is 4.74 Å². The number of hydrogen-bond acceptors (Lipinski definition) is 5. The van der Waals surface area contributed by atoms with Gasteiger partial charge in [-0.05, 0) is 77.9 Å². The van der Waals surface area contributed by atoms with Gasteiger partial charge in [-0.1, -0.05) is 30.3 Å². The summed E-state index contributed by atoms with van der Waals surface area (Å²) in [4.78, 5) is 29.1. The summed E-state index contributed by atoms with van der Waals surface area (Å²) in [7, 11) is 6.21. The van der Waals surface area contributed by atoms with Gasteiger partial charge in [-0.25, -0.2) is 14.8 Å². The molecule has 35 heavy (non-hydrogen) atoms. The number of urea groups is 1. The Kier molecular flexibility index (Phi) is 6.34. The van der Waals surface area contributed by atoms with Gasteiger partial charge in [0.05, 0.1) is 35.8 Å². The number of carbonyl (C=O) groups is 1. The first kappa shape index (κ1) is 24.2. The smallest absolute Gasteiger partial charge is 0.325 e. The van der Waals surface area contributed by atoms with Crippen molar-refractivity contribution in [3.63, 3.8) is 0 Å². The molecule has 188 valence electrons. The van der Waals surface area contributed by atoms with E-state index in [0.717, 1.165) is 63.0 Å². The van der Waals surface area contributed by atoms with Crippen molar-refractivity contribution in [2.75, 3.05) is 39.2 Å². The summed E-state index contributed by atoms with van der Waals surface area (Å²) in [5.41, 5.74) is 1.90. The number of methoxy groups -OCH3 is 1. The first-order valence-electron chi connectivity index (χ1n) is 13.0. The van der Waals surface area contributed by atoms with Crippen molar-refractivity contribution >= 4 is 11.7 Å². The highest BCUT2D eigenvalue weighted by Gasteiger charge is 2.55. The molecule has 2 heterocycles. The number of hydrogen-bond donors (Lipinski definition) is 0. The predicted molar refractivity (Wildman–Crippen MR) is 137 cm³/mol.